The first kappa shape index (κ1) is 15.4. The Morgan fingerprint density at radius 3 is 2.19 bits per heavy atom. The molecule has 96 valence electrons. The van der Waals surface area contributed by atoms with Crippen molar-refractivity contribution in [2.24, 2.45) is 5.92 Å². The van der Waals surface area contributed by atoms with Gasteiger partial charge in [-0.05, 0) is 26.2 Å². The van der Waals surface area contributed by atoms with E-state index in [9.17, 15) is 13.2 Å². The van der Waals surface area contributed by atoms with Crippen molar-refractivity contribution < 1.29 is 18.3 Å². The van der Waals surface area contributed by atoms with Crippen LogP contribution in [0, 0.1) is 5.92 Å². The fourth-order valence-electron chi connectivity index (χ4n) is 1.33. The molecule has 0 heterocycles. The van der Waals surface area contributed by atoms with Crippen LogP contribution in [0.15, 0.2) is 0 Å². The molecule has 0 saturated carbocycles. The quantitative estimate of drug-likeness (QED) is 0.712. The van der Waals surface area contributed by atoms with Crippen molar-refractivity contribution in [3.05, 3.63) is 0 Å². The summed E-state index contributed by atoms with van der Waals surface area (Å²) in [5.74, 6) is -0.916. The van der Waals surface area contributed by atoms with Gasteiger partial charge >= 0.3 is 5.97 Å². The lowest BCUT2D eigenvalue weighted by atomic mass is 10.0. The lowest BCUT2D eigenvalue weighted by molar-refractivity contribution is -0.136. The average molecular weight is 251 g/mol. The minimum Gasteiger partial charge on any atom is -0.480 e. The van der Waals surface area contributed by atoms with Gasteiger partial charge in [0.05, 0.1) is 0 Å². The van der Waals surface area contributed by atoms with Gasteiger partial charge in [0, 0.05) is 6.04 Å². The highest BCUT2D eigenvalue weighted by Gasteiger charge is 2.28. The Hall–Kier alpha value is -0.620. The lowest BCUT2D eigenvalue weighted by Gasteiger charge is -2.19. The molecule has 0 bridgehead atoms. The van der Waals surface area contributed by atoms with Crippen molar-refractivity contribution in [3.8, 4) is 0 Å². The second-order valence-electron chi connectivity index (χ2n) is 4.29. The maximum absolute atomic E-state index is 11.6. The van der Waals surface area contributed by atoms with Crippen molar-refractivity contribution in [2.45, 2.75) is 51.8 Å². The molecule has 0 aliphatic heterocycles. The van der Waals surface area contributed by atoms with Crippen molar-refractivity contribution in [1.29, 1.82) is 0 Å². The largest absolute Gasteiger partial charge is 0.480 e. The van der Waals surface area contributed by atoms with E-state index in [1.54, 1.807) is 6.92 Å². The van der Waals surface area contributed by atoms with Gasteiger partial charge in [-0.3, -0.25) is 4.79 Å². The van der Waals surface area contributed by atoms with Crippen molar-refractivity contribution in [3.63, 3.8) is 0 Å². The van der Waals surface area contributed by atoms with Crippen molar-refractivity contribution in [2.75, 3.05) is 0 Å². The number of hydrogen-bond donors (Lipinski definition) is 2. The van der Waals surface area contributed by atoms with Crippen LogP contribution in [0.4, 0.5) is 0 Å². The molecule has 0 saturated heterocycles. The van der Waals surface area contributed by atoms with Gasteiger partial charge in [-0.1, -0.05) is 20.3 Å². The molecule has 0 rings (SSSR count). The van der Waals surface area contributed by atoms with E-state index >= 15 is 0 Å². The van der Waals surface area contributed by atoms with Gasteiger partial charge in [0.2, 0.25) is 10.0 Å². The predicted molar refractivity (Wildman–Crippen MR) is 62.7 cm³/mol. The van der Waals surface area contributed by atoms with Crippen LogP contribution in [0.25, 0.3) is 0 Å². The van der Waals surface area contributed by atoms with Crippen LogP contribution in [0.2, 0.25) is 0 Å². The van der Waals surface area contributed by atoms with E-state index in [4.69, 9.17) is 5.11 Å². The molecule has 0 aromatic heterocycles. The smallest absolute Gasteiger partial charge is 0.323 e. The van der Waals surface area contributed by atoms with Gasteiger partial charge in [-0.2, -0.15) is 0 Å². The molecule has 0 spiro atoms. The summed E-state index contributed by atoms with van der Waals surface area (Å²) in [4.78, 5) is 10.6. The van der Waals surface area contributed by atoms with E-state index in [1.807, 2.05) is 13.8 Å². The number of hydrogen-bond acceptors (Lipinski definition) is 3. The first-order valence-corrected chi connectivity index (χ1v) is 6.99. The third-order valence-corrected chi connectivity index (χ3v) is 4.49. The van der Waals surface area contributed by atoms with Gasteiger partial charge in [-0.25, -0.2) is 13.1 Å². The Balaban J connectivity index is 4.43. The maximum Gasteiger partial charge on any atom is 0.323 e. The zero-order valence-corrected chi connectivity index (χ0v) is 11.0. The topological polar surface area (TPSA) is 83.5 Å². The summed E-state index contributed by atoms with van der Waals surface area (Å²) < 4.78 is 25.5. The Bertz CT molecular complexity index is 326. The molecule has 5 nitrogen and oxygen atoms in total. The van der Waals surface area contributed by atoms with Gasteiger partial charge in [0.25, 0.3) is 0 Å². The summed E-state index contributed by atoms with van der Waals surface area (Å²) in [6, 6.07) is -0.234. The first-order chi connectivity index (χ1) is 7.20. The van der Waals surface area contributed by atoms with E-state index in [2.05, 4.69) is 4.72 Å². The molecule has 6 heteroatoms. The fourth-order valence-corrected chi connectivity index (χ4v) is 2.46. The molecule has 0 aromatic carbocycles. The average Bonchev–Trinajstić information content (AvgIpc) is 2.14. The Morgan fingerprint density at radius 2 is 1.81 bits per heavy atom. The number of nitrogens with one attached hydrogen (secondary N) is 1. The second-order valence-corrected chi connectivity index (χ2v) is 6.33. The van der Waals surface area contributed by atoms with Gasteiger partial charge < -0.3 is 5.11 Å². The van der Waals surface area contributed by atoms with Crippen LogP contribution in [-0.4, -0.2) is 30.8 Å². The number of sulfonamides is 1. The molecular weight excluding hydrogens is 230 g/mol. The highest BCUT2D eigenvalue weighted by atomic mass is 32.2. The van der Waals surface area contributed by atoms with Crippen LogP contribution in [0.1, 0.15) is 40.5 Å². The van der Waals surface area contributed by atoms with E-state index < -0.39 is 21.2 Å². The zero-order chi connectivity index (χ0) is 12.9. The molecule has 3 unspecified atom stereocenters. The molecule has 0 radical (unpaired) electrons. The van der Waals surface area contributed by atoms with Crippen molar-refractivity contribution >= 4 is 16.0 Å². The SMILES string of the molecule is CCC(C)CC(C)NS(=O)(=O)C(C)C(=O)O. The standard InChI is InChI=1S/C10H21NO4S/c1-5-7(2)6-8(3)11-16(14,15)9(4)10(12)13/h7-9,11H,5-6H2,1-4H3,(H,12,13). The number of aliphatic carboxylic acids is 1. The molecule has 0 aliphatic carbocycles. The highest BCUT2D eigenvalue weighted by molar-refractivity contribution is 7.90. The van der Waals surface area contributed by atoms with Crippen molar-refractivity contribution in [1.82, 2.24) is 4.72 Å². The summed E-state index contributed by atoms with van der Waals surface area (Å²) in [5.41, 5.74) is 0. The minimum atomic E-state index is -3.76. The number of carboxylic acid groups (broad SMARTS) is 1. The molecular formula is C10H21NO4S. The summed E-state index contributed by atoms with van der Waals surface area (Å²) in [6.45, 7) is 6.98. The number of carboxylic acids is 1. The lowest BCUT2D eigenvalue weighted by Crippen LogP contribution is -2.42. The molecule has 0 amide bonds. The molecule has 0 aliphatic rings. The summed E-state index contributed by atoms with van der Waals surface area (Å²) in [5, 5.41) is 7.23. The van der Waals surface area contributed by atoms with E-state index in [-0.39, 0.29) is 6.04 Å². The molecule has 3 atom stereocenters. The Labute approximate surface area is 97.3 Å². The van der Waals surface area contributed by atoms with Gasteiger partial charge in [0.15, 0.2) is 5.25 Å². The molecule has 16 heavy (non-hydrogen) atoms. The minimum absolute atomic E-state index is 0.234. The normalized spacial score (nSPS) is 17.8. The summed E-state index contributed by atoms with van der Waals surface area (Å²) in [6.07, 6.45) is 1.68. The van der Waals surface area contributed by atoms with E-state index in [1.165, 1.54) is 6.92 Å². The second kappa shape index (κ2) is 6.20. The predicted octanol–water partition coefficient (Wildman–Crippen LogP) is 1.20. The maximum atomic E-state index is 11.6. The van der Waals surface area contributed by atoms with Gasteiger partial charge in [0.1, 0.15) is 0 Å². The molecule has 2 N–H and O–H groups in total. The fraction of sp³-hybridized carbons (Fsp3) is 0.900. The Kier molecular flexibility index (Phi) is 5.96. The van der Waals surface area contributed by atoms with Gasteiger partial charge in [-0.15, -0.1) is 0 Å². The third-order valence-electron chi connectivity index (χ3n) is 2.63. The Morgan fingerprint density at radius 1 is 1.31 bits per heavy atom. The number of carbonyl (C=O) groups is 1. The molecule has 0 aromatic rings. The van der Waals surface area contributed by atoms with Crippen LogP contribution in [0.3, 0.4) is 0 Å². The zero-order valence-electron chi connectivity index (χ0n) is 10.2. The monoisotopic (exact) mass is 251 g/mol. The van der Waals surface area contributed by atoms with Crippen LogP contribution >= 0.6 is 0 Å². The third kappa shape index (κ3) is 4.94. The van der Waals surface area contributed by atoms with E-state index in [0.717, 1.165) is 6.42 Å². The highest BCUT2D eigenvalue weighted by Crippen LogP contribution is 2.11. The summed E-state index contributed by atoms with van der Waals surface area (Å²) in [7, 11) is -3.76. The molecule has 0 fully saturated rings. The van der Waals surface area contributed by atoms with E-state index in [0.29, 0.717) is 12.3 Å². The van der Waals surface area contributed by atoms with Crippen LogP contribution in [0.5, 0.6) is 0 Å². The number of rotatable bonds is 7. The summed E-state index contributed by atoms with van der Waals surface area (Å²) >= 11 is 0. The first-order valence-electron chi connectivity index (χ1n) is 5.44. The van der Waals surface area contributed by atoms with Crippen LogP contribution in [-0.2, 0) is 14.8 Å². The van der Waals surface area contributed by atoms with Crippen LogP contribution < -0.4 is 4.72 Å².